The lowest BCUT2D eigenvalue weighted by atomic mass is 9.99. The maximum atomic E-state index is 11.8. The number of rotatable bonds is 5. The van der Waals surface area contributed by atoms with Crippen LogP contribution >= 0.6 is 0 Å². The molecule has 100 valence electrons. The molecule has 1 rings (SSSR count). The standard InChI is InChI=1S/C13H20N2O3/c1-3-4-5-6-7-14-13(18)15-8-10(2)11(9-15)12(16)17/h1,10-11H,4-9H2,2H3,(H,14,18)(H,16,17). The molecule has 5 heteroatoms. The van der Waals surface area contributed by atoms with Crippen molar-refractivity contribution in [1.29, 1.82) is 0 Å². The highest BCUT2D eigenvalue weighted by Gasteiger charge is 2.36. The topological polar surface area (TPSA) is 69.6 Å². The van der Waals surface area contributed by atoms with Crippen LogP contribution in [0.1, 0.15) is 26.2 Å². The van der Waals surface area contributed by atoms with Gasteiger partial charge < -0.3 is 15.3 Å². The number of carbonyl (C=O) groups is 2. The van der Waals surface area contributed by atoms with Gasteiger partial charge in [-0.15, -0.1) is 12.3 Å². The molecule has 2 atom stereocenters. The molecule has 1 heterocycles. The van der Waals surface area contributed by atoms with Gasteiger partial charge in [-0.25, -0.2) is 4.79 Å². The summed E-state index contributed by atoms with van der Waals surface area (Å²) in [7, 11) is 0. The Morgan fingerprint density at radius 1 is 1.44 bits per heavy atom. The van der Waals surface area contributed by atoms with Gasteiger partial charge in [0, 0.05) is 26.1 Å². The minimum atomic E-state index is -0.827. The number of terminal acetylenes is 1. The minimum Gasteiger partial charge on any atom is -0.481 e. The van der Waals surface area contributed by atoms with Crippen LogP contribution in [-0.2, 0) is 4.79 Å². The van der Waals surface area contributed by atoms with Crippen LogP contribution in [0.2, 0.25) is 0 Å². The molecule has 0 aromatic heterocycles. The molecule has 1 saturated heterocycles. The van der Waals surface area contributed by atoms with Crippen molar-refractivity contribution in [1.82, 2.24) is 10.2 Å². The van der Waals surface area contributed by atoms with Crippen molar-refractivity contribution in [2.45, 2.75) is 26.2 Å². The first-order valence-electron chi connectivity index (χ1n) is 6.25. The van der Waals surface area contributed by atoms with Crippen LogP contribution in [0.4, 0.5) is 4.79 Å². The summed E-state index contributed by atoms with van der Waals surface area (Å²) in [6.45, 7) is 3.25. The van der Waals surface area contributed by atoms with E-state index in [1.807, 2.05) is 6.92 Å². The monoisotopic (exact) mass is 252 g/mol. The number of nitrogens with one attached hydrogen (secondary N) is 1. The molecular weight excluding hydrogens is 232 g/mol. The fraction of sp³-hybridized carbons (Fsp3) is 0.692. The van der Waals surface area contributed by atoms with Crippen LogP contribution in [0.3, 0.4) is 0 Å². The molecule has 0 saturated carbocycles. The van der Waals surface area contributed by atoms with Crippen molar-refractivity contribution < 1.29 is 14.7 Å². The first kappa shape index (κ1) is 14.4. The van der Waals surface area contributed by atoms with E-state index in [4.69, 9.17) is 11.5 Å². The second-order valence-corrected chi connectivity index (χ2v) is 4.72. The molecule has 0 aromatic carbocycles. The lowest BCUT2D eigenvalue weighted by Gasteiger charge is -2.16. The largest absolute Gasteiger partial charge is 0.481 e. The molecule has 2 N–H and O–H groups in total. The third-order valence-electron chi connectivity index (χ3n) is 3.24. The maximum Gasteiger partial charge on any atom is 0.317 e. The van der Waals surface area contributed by atoms with Crippen molar-refractivity contribution in [3.63, 3.8) is 0 Å². The number of hydrogen-bond donors (Lipinski definition) is 2. The predicted octanol–water partition coefficient (Wildman–Crippen LogP) is 1.15. The zero-order valence-electron chi connectivity index (χ0n) is 10.7. The van der Waals surface area contributed by atoms with Crippen LogP contribution in [0.5, 0.6) is 0 Å². The van der Waals surface area contributed by atoms with E-state index >= 15 is 0 Å². The summed E-state index contributed by atoms with van der Waals surface area (Å²) in [4.78, 5) is 24.3. The van der Waals surface area contributed by atoms with Gasteiger partial charge in [-0.05, 0) is 18.8 Å². The third-order valence-corrected chi connectivity index (χ3v) is 3.24. The SMILES string of the molecule is C#CCCCCNC(=O)N1CC(C)C(C(=O)O)C1. The number of unbranched alkanes of at least 4 members (excludes halogenated alkanes) is 2. The molecule has 0 aliphatic carbocycles. The molecule has 0 spiro atoms. The number of carboxylic acid groups (broad SMARTS) is 1. The summed E-state index contributed by atoms with van der Waals surface area (Å²) < 4.78 is 0. The van der Waals surface area contributed by atoms with Gasteiger partial charge in [0.1, 0.15) is 0 Å². The summed E-state index contributed by atoms with van der Waals surface area (Å²) >= 11 is 0. The quantitative estimate of drug-likeness (QED) is 0.569. The van der Waals surface area contributed by atoms with Crippen molar-refractivity contribution in [2.75, 3.05) is 19.6 Å². The summed E-state index contributed by atoms with van der Waals surface area (Å²) in [5, 5.41) is 11.8. The Hall–Kier alpha value is -1.70. The summed E-state index contributed by atoms with van der Waals surface area (Å²) in [6.07, 6.45) is 7.59. The average molecular weight is 252 g/mol. The van der Waals surface area contributed by atoms with Gasteiger partial charge in [-0.2, -0.15) is 0 Å². The van der Waals surface area contributed by atoms with Crippen molar-refractivity contribution in [3.05, 3.63) is 0 Å². The van der Waals surface area contributed by atoms with Gasteiger partial charge in [0.05, 0.1) is 5.92 Å². The lowest BCUT2D eigenvalue weighted by Crippen LogP contribution is -2.39. The number of carboxylic acids is 1. The Bertz CT molecular complexity index is 349. The van der Waals surface area contributed by atoms with E-state index in [0.717, 1.165) is 19.3 Å². The first-order valence-corrected chi connectivity index (χ1v) is 6.25. The number of carbonyl (C=O) groups excluding carboxylic acids is 1. The third kappa shape index (κ3) is 3.95. The smallest absolute Gasteiger partial charge is 0.317 e. The Morgan fingerprint density at radius 3 is 2.72 bits per heavy atom. The number of amides is 2. The zero-order valence-corrected chi connectivity index (χ0v) is 10.7. The summed E-state index contributed by atoms with van der Waals surface area (Å²) in [5.41, 5.74) is 0. The minimum absolute atomic E-state index is 0.00897. The molecule has 18 heavy (non-hydrogen) atoms. The van der Waals surface area contributed by atoms with Gasteiger partial charge in [-0.3, -0.25) is 4.79 Å². The highest BCUT2D eigenvalue weighted by molar-refractivity contribution is 5.77. The first-order chi connectivity index (χ1) is 8.56. The molecule has 0 bridgehead atoms. The van der Waals surface area contributed by atoms with Crippen molar-refractivity contribution in [3.8, 4) is 12.3 Å². The molecule has 1 fully saturated rings. The van der Waals surface area contributed by atoms with E-state index < -0.39 is 11.9 Å². The molecular formula is C13H20N2O3. The molecule has 5 nitrogen and oxygen atoms in total. The second-order valence-electron chi connectivity index (χ2n) is 4.72. The van der Waals surface area contributed by atoms with Crippen molar-refractivity contribution in [2.24, 2.45) is 11.8 Å². The molecule has 1 aliphatic rings. The van der Waals surface area contributed by atoms with Gasteiger partial charge in [0.2, 0.25) is 0 Å². The number of likely N-dealkylation sites (tertiary alicyclic amines) is 1. The van der Waals surface area contributed by atoms with Crippen LogP contribution in [0.15, 0.2) is 0 Å². The Morgan fingerprint density at radius 2 is 2.17 bits per heavy atom. The normalized spacial score (nSPS) is 22.6. The van der Waals surface area contributed by atoms with E-state index in [-0.39, 0.29) is 11.9 Å². The predicted molar refractivity (Wildman–Crippen MR) is 67.9 cm³/mol. The van der Waals surface area contributed by atoms with Gasteiger partial charge in [0.15, 0.2) is 0 Å². The maximum absolute atomic E-state index is 11.8. The second kappa shape index (κ2) is 6.90. The molecule has 0 radical (unpaired) electrons. The number of urea groups is 1. The van der Waals surface area contributed by atoms with E-state index in [2.05, 4.69) is 11.2 Å². The van der Waals surface area contributed by atoms with E-state index in [1.165, 1.54) is 0 Å². The fourth-order valence-corrected chi connectivity index (χ4v) is 2.11. The fourth-order valence-electron chi connectivity index (χ4n) is 2.11. The Balaban J connectivity index is 2.27. The van der Waals surface area contributed by atoms with E-state index in [9.17, 15) is 9.59 Å². The average Bonchev–Trinajstić information content (AvgIpc) is 2.71. The zero-order chi connectivity index (χ0) is 13.5. The molecule has 1 aliphatic heterocycles. The molecule has 2 unspecified atom stereocenters. The highest BCUT2D eigenvalue weighted by Crippen LogP contribution is 2.22. The lowest BCUT2D eigenvalue weighted by molar-refractivity contribution is -0.142. The Kier molecular flexibility index (Phi) is 5.50. The summed E-state index contributed by atoms with van der Waals surface area (Å²) in [5.74, 6) is 1.28. The van der Waals surface area contributed by atoms with Gasteiger partial charge in [0.25, 0.3) is 0 Å². The van der Waals surface area contributed by atoms with Crippen LogP contribution in [0, 0.1) is 24.2 Å². The Labute approximate surface area is 108 Å². The summed E-state index contributed by atoms with van der Waals surface area (Å²) in [6, 6.07) is -0.175. The van der Waals surface area contributed by atoms with Crippen LogP contribution < -0.4 is 5.32 Å². The number of nitrogens with zero attached hydrogens (tertiary/aromatic N) is 1. The van der Waals surface area contributed by atoms with Crippen LogP contribution in [0.25, 0.3) is 0 Å². The van der Waals surface area contributed by atoms with Gasteiger partial charge >= 0.3 is 12.0 Å². The van der Waals surface area contributed by atoms with Gasteiger partial charge in [-0.1, -0.05) is 6.92 Å². The molecule has 2 amide bonds. The van der Waals surface area contributed by atoms with Crippen LogP contribution in [-0.4, -0.2) is 41.6 Å². The van der Waals surface area contributed by atoms with E-state index in [1.54, 1.807) is 4.90 Å². The van der Waals surface area contributed by atoms with Crippen molar-refractivity contribution >= 4 is 12.0 Å². The highest BCUT2D eigenvalue weighted by atomic mass is 16.4. The number of aliphatic carboxylic acids is 1. The number of hydrogen-bond acceptors (Lipinski definition) is 2. The molecule has 0 aromatic rings. The van der Waals surface area contributed by atoms with E-state index in [0.29, 0.717) is 19.6 Å².